The minimum Gasteiger partial charge on any atom is -0.496 e. The Kier molecular flexibility index (Phi) is 5.76. The Morgan fingerprint density at radius 2 is 1.92 bits per heavy atom. The van der Waals surface area contributed by atoms with E-state index in [0.29, 0.717) is 6.04 Å². The summed E-state index contributed by atoms with van der Waals surface area (Å²) in [5.74, 6) is 1.92. The van der Waals surface area contributed by atoms with Gasteiger partial charge in [-0.1, -0.05) is 43.3 Å². The Balaban J connectivity index is 1.70. The van der Waals surface area contributed by atoms with E-state index >= 15 is 0 Å². The van der Waals surface area contributed by atoms with Crippen LogP contribution in [-0.2, 0) is 12.8 Å². The maximum Gasteiger partial charge on any atom is 0.126 e. The van der Waals surface area contributed by atoms with Gasteiger partial charge in [-0.05, 0) is 43.5 Å². The molecule has 128 valence electrons. The number of benzene rings is 2. The van der Waals surface area contributed by atoms with Crippen molar-refractivity contribution < 1.29 is 9.47 Å². The minimum absolute atomic E-state index is 0.414. The zero-order chi connectivity index (χ0) is 16.8. The molecule has 0 N–H and O–H groups in total. The summed E-state index contributed by atoms with van der Waals surface area (Å²) in [4.78, 5) is 2.57. The summed E-state index contributed by atoms with van der Waals surface area (Å²) in [5.41, 5.74) is 2.60. The molecule has 0 amide bonds. The number of methoxy groups -OCH3 is 1. The van der Waals surface area contributed by atoms with Gasteiger partial charge in [-0.25, -0.2) is 0 Å². The number of fused-ring (bicyclic) bond motifs is 1. The zero-order valence-corrected chi connectivity index (χ0v) is 14.7. The van der Waals surface area contributed by atoms with Gasteiger partial charge in [-0.2, -0.15) is 0 Å². The largest absolute Gasteiger partial charge is 0.496 e. The lowest BCUT2D eigenvalue weighted by atomic mass is 9.99. The maximum atomic E-state index is 6.04. The number of nitrogens with zero attached hydrogens (tertiary/aromatic N) is 1. The monoisotopic (exact) mass is 325 g/mol. The van der Waals surface area contributed by atoms with Crippen molar-refractivity contribution >= 4 is 0 Å². The molecule has 1 heterocycles. The molecule has 1 aliphatic heterocycles. The van der Waals surface area contributed by atoms with Crippen molar-refractivity contribution in [1.82, 2.24) is 4.90 Å². The summed E-state index contributed by atoms with van der Waals surface area (Å²) in [6, 6.07) is 17.2. The second-order valence-electron chi connectivity index (χ2n) is 6.38. The predicted octanol–water partition coefficient (Wildman–Crippen LogP) is 3.95. The van der Waals surface area contributed by atoms with Gasteiger partial charge in [0.2, 0.25) is 0 Å². The van der Waals surface area contributed by atoms with Gasteiger partial charge in [0, 0.05) is 18.2 Å². The fourth-order valence-electron chi connectivity index (χ4n) is 3.47. The zero-order valence-electron chi connectivity index (χ0n) is 14.7. The topological polar surface area (TPSA) is 21.7 Å². The van der Waals surface area contributed by atoms with Gasteiger partial charge >= 0.3 is 0 Å². The summed E-state index contributed by atoms with van der Waals surface area (Å²) < 4.78 is 11.6. The Hall–Kier alpha value is -2.00. The highest BCUT2D eigenvalue weighted by molar-refractivity contribution is 5.46. The molecule has 1 atom stereocenters. The van der Waals surface area contributed by atoms with Crippen LogP contribution in [0.2, 0.25) is 0 Å². The van der Waals surface area contributed by atoms with Crippen molar-refractivity contribution in [3.05, 3.63) is 59.7 Å². The van der Waals surface area contributed by atoms with Crippen LogP contribution in [0.25, 0.3) is 0 Å². The first kappa shape index (κ1) is 16.8. The lowest BCUT2D eigenvalue weighted by Crippen LogP contribution is -2.44. The third kappa shape index (κ3) is 3.90. The second kappa shape index (κ2) is 8.20. The average molecular weight is 325 g/mol. The van der Waals surface area contributed by atoms with Gasteiger partial charge in [-0.3, -0.25) is 4.90 Å². The fraction of sp³-hybridized carbons (Fsp3) is 0.429. The van der Waals surface area contributed by atoms with Crippen LogP contribution in [0, 0.1) is 0 Å². The summed E-state index contributed by atoms with van der Waals surface area (Å²) >= 11 is 0. The third-order valence-electron chi connectivity index (χ3n) is 4.74. The first-order valence-electron chi connectivity index (χ1n) is 8.88. The molecule has 0 bridgehead atoms. The van der Waals surface area contributed by atoms with Crippen molar-refractivity contribution in [1.29, 1.82) is 0 Å². The molecule has 0 spiro atoms. The van der Waals surface area contributed by atoms with Gasteiger partial charge in [0.05, 0.1) is 7.11 Å². The molecule has 1 unspecified atom stereocenters. The van der Waals surface area contributed by atoms with Crippen LogP contribution in [0.3, 0.4) is 0 Å². The normalized spacial score (nSPS) is 16.5. The van der Waals surface area contributed by atoms with E-state index < -0.39 is 0 Å². The second-order valence-corrected chi connectivity index (χ2v) is 6.38. The first-order chi connectivity index (χ1) is 11.8. The van der Waals surface area contributed by atoms with Crippen LogP contribution in [0.1, 0.15) is 24.5 Å². The number of ether oxygens (including phenoxy) is 2. The van der Waals surface area contributed by atoms with E-state index in [1.54, 1.807) is 7.11 Å². The van der Waals surface area contributed by atoms with Gasteiger partial charge < -0.3 is 9.47 Å². The molecule has 3 rings (SSSR count). The number of hydrogen-bond acceptors (Lipinski definition) is 3. The van der Waals surface area contributed by atoms with Gasteiger partial charge in [0.25, 0.3) is 0 Å². The highest BCUT2D eigenvalue weighted by Crippen LogP contribution is 2.33. The fourth-order valence-corrected chi connectivity index (χ4v) is 3.47. The lowest BCUT2D eigenvalue weighted by molar-refractivity contribution is 0.119. The highest BCUT2D eigenvalue weighted by atomic mass is 16.5. The molecule has 2 aromatic carbocycles. The van der Waals surface area contributed by atoms with Crippen molar-refractivity contribution in [2.24, 2.45) is 0 Å². The first-order valence-corrected chi connectivity index (χ1v) is 8.88. The molecule has 0 aromatic heterocycles. The highest BCUT2D eigenvalue weighted by Gasteiger charge is 2.27. The molecule has 0 saturated carbocycles. The number of hydrogen-bond donors (Lipinski definition) is 0. The summed E-state index contributed by atoms with van der Waals surface area (Å²) in [5, 5.41) is 0. The molecule has 0 radical (unpaired) electrons. The molecule has 0 saturated heterocycles. The third-order valence-corrected chi connectivity index (χ3v) is 4.74. The Morgan fingerprint density at radius 1 is 1.08 bits per heavy atom. The minimum atomic E-state index is 0.414. The van der Waals surface area contributed by atoms with Crippen LogP contribution >= 0.6 is 0 Å². The van der Waals surface area contributed by atoms with Crippen molar-refractivity contribution in [3.8, 4) is 11.5 Å². The predicted molar refractivity (Wildman–Crippen MR) is 98.0 cm³/mol. The lowest BCUT2D eigenvalue weighted by Gasteiger charge is -2.35. The molecule has 0 fully saturated rings. The van der Waals surface area contributed by atoms with E-state index in [0.717, 1.165) is 50.5 Å². The van der Waals surface area contributed by atoms with Crippen LogP contribution in [0.5, 0.6) is 11.5 Å². The Bertz CT molecular complexity index is 627. The summed E-state index contributed by atoms with van der Waals surface area (Å²) in [6.07, 6.45) is 3.23. The number of rotatable bonds is 7. The van der Waals surface area contributed by atoms with Gasteiger partial charge in [-0.15, -0.1) is 0 Å². The Labute approximate surface area is 145 Å². The molecule has 2 aromatic rings. The van der Waals surface area contributed by atoms with E-state index in [2.05, 4.69) is 42.2 Å². The molecule has 1 aliphatic rings. The van der Waals surface area contributed by atoms with E-state index in [1.807, 2.05) is 18.2 Å². The van der Waals surface area contributed by atoms with Crippen LogP contribution < -0.4 is 9.47 Å². The van der Waals surface area contributed by atoms with Crippen molar-refractivity contribution in [3.63, 3.8) is 0 Å². The van der Waals surface area contributed by atoms with E-state index in [9.17, 15) is 0 Å². The quantitative estimate of drug-likeness (QED) is 0.769. The average Bonchev–Trinajstić information content (AvgIpc) is 2.65. The summed E-state index contributed by atoms with van der Waals surface area (Å²) in [6.45, 7) is 5.17. The standard InChI is InChI=1S/C21H27NO2/c1-3-13-22(14-12-17-8-5-4-6-9-17)18-15-19-20(23-2)10-7-11-21(19)24-16-18/h4-11,18H,3,12-16H2,1-2H3. The van der Waals surface area contributed by atoms with Crippen molar-refractivity contribution in [2.75, 3.05) is 26.8 Å². The van der Waals surface area contributed by atoms with Crippen LogP contribution in [0.15, 0.2) is 48.5 Å². The van der Waals surface area contributed by atoms with E-state index in [-0.39, 0.29) is 0 Å². The maximum absolute atomic E-state index is 6.04. The molecule has 0 aliphatic carbocycles. The molecular formula is C21H27NO2. The van der Waals surface area contributed by atoms with Crippen LogP contribution in [-0.4, -0.2) is 37.7 Å². The van der Waals surface area contributed by atoms with Gasteiger partial charge in [0.15, 0.2) is 0 Å². The molecular weight excluding hydrogens is 298 g/mol. The van der Waals surface area contributed by atoms with E-state index in [4.69, 9.17) is 9.47 Å². The molecule has 3 nitrogen and oxygen atoms in total. The smallest absolute Gasteiger partial charge is 0.126 e. The van der Waals surface area contributed by atoms with E-state index in [1.165, 1.54) is 11.1 Å². The molecule has 3 heteroatoms. The summed E-state index contributed by atoms with van der Waals surface area (Å²) in [7, 11) is 1.73. The van der Waals surface area contributed by atoms with Gasteiger partial charge in [0.1, 0.15) is 18.1 Å². The SMILES string of the molecule is CCCN(CCc1ccccc1)C1COc2cccc(OC)c2C1. The van der Waals surface area contributed by atoms with Crippen molar-refractivity contribution in [2.45, 2.75) is 32.2 Å². The molecule has 24 heavy (non-hydrogen) atoms. The van der Waals surface area contributed by atoms with Crippen LogP contribution in [0.4, 0.5) is 0 Å². The Morgan fingerprint density at radius 3 is 2.67 bits per heavy atom.